The number of carbonyl (C=O) groups is 2. The second kappa shape index (κ2) is 7.71. The molecule has 2 aromatic carbocycles. The van der Waals surface area contributed by atoms with Crippen molar-refractivity contribution in [2.24, 2.45) is 0 Å². The molecule has 0 atom stereocenters. The molecule has 2 N–H and O–H groups in total. The topological polar surface area (TPSA) is 58.2 Å². The van der Waals surface area contributed by atoms with E-state index in [1.807, 2.05) is 5.32 Å². The van der Waals surface area contributed by atoms with Gasteiger partial charge in [-0.2, -0.15) is 0 Å². The molecule has 0 radical (unpaired) electrons. The number of hydrogen-bond donors (Lipinski definition) is 2. The molecule has 10 heteroatoms. The lowest BCUT2D eigenvalue weighted by molar-refractivity contribution is -0.115. The predicted octanol–water partition coefficient (Wildman–Crippen LogP) is 3.92. The zero-order chi connectivity index (χ0) is 18.7. The summed E-state index contributed by atoms with van der Waals surface area (Å²) in [6.07, 6.45) is 0. The van der Waals surface area contributed by atoms with Gasteiger partial charge >= 0.3 is 0 Å². The first-order chi connectivity index (χ1) is 11.7. The van der Waals surface area contributed by atoms with Gasteiger partial charge in [-0.1, -0.05) is 23.2 Å². The van der Waals surface area contributed by atoms with Crippen molar-refractivity contribution in [2.45, 2.75) is 0 Å². The largest absolute Gasteiger partial charge is 0.343 e. The maximum Gasteiger partial charge on any atom is 0.253 e. The molecular formula is C15H8Cl2F4N2O2. The molecule has 0 aromatic heterocycles. The van der Waals surface area contributed by atoms with Crippen LogP contribution in [0.2, 0.25) is 10.0 Å². The maximum atomic E-state index is 13.4. The second-order valence-electron chi connectivity index (χ2n) is 4.70. The van der Waals surface area contributed by atoms with Crippen molar-refractivity contribution in [1.29, 1.82) is 0 Å². The highest BCUT2D eigenvalue weighted by molar-refractivity contribution is 6.36. The highest BCUT2D eigenvalue weighted by atomic mass is 35.5. The van der Waals surface area contributed by atoms with Crippen LogP contribution in [0.1, 0.15) is 10.4 Å². The fourth-order valence-electron chi connectivity index (χ4n) is 1.77. The minimum absolute atomic E-state index is 0.143. The first kappa shape index (κ1) is 19.0. The highest BCUT2D eigenvalue weighted by Gasteiger charge is 2.17. The Morgan fingerprint density at radius 2 is 1.60 bits per heavy atom. The van der Waals surface area contributed by atoms with E-state index in [1.165, 1.54) is 0 Å². The third-order valence-corrected chi connectivity index (χ3v) is 3.58. The van der Waals surface area contributed by atoms with Crippen LogP contribution in [-0.2, 0) is 4.79 Å². The molecule has 2 aromatic rings. The van der Waals surface area contributed by atoms with Crippen LogP contribution in [-0.4, -0.2) is 18.4 Å². The normalized spacial score (nSPS) is 10.5. The van der Waals surface area contributed by atoms with Crippen LogP contribution in [0.5, 0.6) is 0 Å². The SMILES string of the molecule is O=C(CNC(=O)c1cc(F)c(Cl)cc1Cl)Nc1ccc(F)c(F)c1F. The van der Waals surface area contributed by atoms with E-state index >= 15 is 0 Å². The average Bonchev–Trinajstić information content (AvgIpc) is 2.56. The van der Waals surface area contributed by atoms with Gasteiger partial charge in [0.1, 0.15) is 5.82 Å². The lowest BCUT2D eigenvalue weighted by atomic mass is 10.2. The number of rotatable bonds is 4. The van der Waals surface area contributed by atoms with Gasteiger partial charge in [0, 0.05) is 0 Å². The van der Waals surface area contributed by atoms with E-state index in [2.05, 4.69) is 5.32 Å². The van der Waals surface area contributed by atoms with Crippen molar-refractivity contribution in [3.63, 3.8) is 0 Å². The van der Waals surface area contributed by atoms with Crippen molar-refractivity contribution in [2.75, 3.05) is 11.9 Å². The van der Waals surface area contributed by atoms with Crippen LogP contribution >= 0.6 is 23.2 Å². The quantitative estimate of drug-likeness (QED) is 0.469. The fraction of sp³-hybridized carbons (Fsp3) is 0.0667. The molecule has 0 spiro atoms. The van der Waals surface area contributed by atoms with E-state index < -0.39 is 47.3 Å². The molecule has 0 aliphatic rings. The van der Waals surface area contributed by atoms with Gasteiger partial charge in [-0.3, -0.25) is 9.59 Å². The summed E-state index contributed by atoms with van der Waals surface area (Å²) in [5, 5.41) is 3.65. The molecule has 2 rings (SSSR count). The smallest absolute Gasteiger partial charge is 0.253 e. The Balaban J connectivity index is 2.02. The van der Waals surface area contributed by atoms with E-state index in [1.54, 1.807) is 0 Å². The third-order valence-electron chi connectivity index (χ3n) is 2.97. The summed E-state index contributed by atoms with van der Waals surface area (Å²) in [6.45, 7) is -0.655. The summed E-state index contributed by atoms with van der Waals surface area (Å²) in [6, 6.07) is 3.25. The average molecular weight is 395 g/mol. The molecule has 132 valence electrons. The summed E-state index contributed by atoms with van der Waals surface area (Å²) in [7, 11) is 0. The van der Waals surface area contributed by atoms with Gasteiger partial charge in [0.2, 0.25) is 5.91 Å². The Morgan fingerprint density at radius 3 is 2.28 bits per heavy atom. The van der Waals surface area contributed by atoms with E-state index in [4.69, 9.17) is 23.2 Å². The van der Waals surface area contributed by atoms with Gasteiger partial charge in [-0.25, -0.2) is 17.6 Å². The standard InChI is InChI=1S/C15H8Cl2F4N2O2/c16-7-4-8(17)10(19)3-6(7)15(25)22-5-12(24)23-11-2-1-9(18)13(20)14(11)21/h1-4H,5H2,(H,22,25)(H,23,24). The first-order valence-corrected chi connectivity index (χ1v) is 7.32. The Labute approximate surface area is 148 Å². The Bertz CT molecular complexity index is 862. The zero-order valence-electron chi connectivity index (χ0n) is 12.1. The van der Waals surface area contributed by atoms with Crippen LogP contribution < -0.4 is 10.6 Å². The minimum atomic E-state index is -1.75. The number of amides is 2. The number of benzene rings is 2. The van der Waals surface area contributed by atoms with Crippen LogP contribution in [0.15, 0.2) is 24.3 Å². The summed E-state index contributed by atoms with van der Waals surface area (Å²) in [5.74, 6) is -7.44. The lowest BCUT2D eigenvalue weighted by Crippen LogP contribution is -2.33. The minimum Gasteiger partial charge on any atom is -0.343 e. The van der Waals surface area contributed by atoms with Gasteiger partial charge in [0.15, 0.2) is 17.5 Å². The molecule has 2 amide bonds. The molecule has 25 heavy (non-hydrogen) atoms. The Kier molecular flexibility index (Phi) is 5.86. The molecule has 0 fully saturated rings. The van der Waals surface area contributed by atoms with Crippen LogP contribution in [0.4, 0.5) is 23.2 Å². The van der Waals surface area contributed by atoms with Crippen molar-refractivity contribution >= 4 is 40.7 Å². The van der Waals surface area contributed by atoms with Crippen LogP contribution in [0.3, 0.4) is 0 Å². The molecule has 0 heterocycles. The summed E-state index contributed by atoms with van der Waals surface area (Å²) in [4.78, 5) is 23.5. The van der Waals surface area contributed by atoms with Gasteiger partial charge in [-0.05, 0) is 24.3 Å². The number of nitrogens with one attached hydrogen (secondary N) is 2. The molecule has 0 unspecified atom stereocenters. The van der Waals surface area contributed by atoms with Crippen molar-refractivity contribution in [3.8, 4) is 0 Å². The second-order valence-corrected chi connectivity index (χ2v) is 5.51. The maximum absolute atomic E-state index is 13.4. The monoisotopic (exact) mass is 394 g/mol. The van der Waals surface area contributed by atoms with Crippen LogP contribution in [0, 0.1) is 23.3 Å². The fourth-order valence-corrected chi connectivity index (χ4v) is 2.24. The number of anilines is 1. The molecule has 0 aliphatic carbocycles. The third kappa shape index (κ3) is 4.40. The van der Waals surface area contributed by atoms with E-state index in [9.17, 15) is 27.2 Å². The van der Waals surface area contributed by atoms with Gasteiger partial charge in [0.25, 0.3) is 5.91 Å². The Hall–Kier alpha value is -2.32. The van der Waals surface area contributed by atoms with E-state index in [0.29, 0.717) is 6.07 Å². The first-order valence-electron chi connectivity index (χ1n) is 6.56. The van der Waals surface area contributed by atoms with E-state index in [0.717, 1.165) is 18.2 Å². The molecule has 0 bridgehead atoms. The molecule has 0 saturated heterocycles. The molecule has 0 saturated carbocycles. The van der Waals surface area contributed by atoms with Gasteiger partial charge < -0.3 is 10.6 Å². The zero-order valence-corrected chi connectivity index (χ0v) is 13.6. The van der Waals surface area contributed by atoms with Crippen molar-refractivity contribution in [1.82, 2.24) is 5.32 Å². The highest BCUT2D eigenvalue weighted by Crippen LogP contribution is 2.24. The number of hydrogen-bond acceptors (Lipinski definition) is 2. The molecule has 0 aliphatic heterocycles. The summed E-state index contributed by atoms with van der Waals surface area (Å²) >= 11 is 11.3. The van der Waals surface area contributed by atoms with Crippen molar-refractivity contribution < 1.29 is 27.2 Å². The number of carbonyl (C=O) groups excluding carboxylic acids is 2. The van der Waals surface area contributed by atoms with E-state index in [-0.39, 0.29) is 15.6 Å². The summed E-state index contributed by atoms with van der Waals surface area (Å²) < 4.78 is 52.7. The van der Waals surface area contributed by atoms with Crippen LogP contribution in [0.25, 0.3) is 0 Å². The van der Waals surface area contributed by atoms with Gasteiger partial charge in [0.05, 0.1) is 27.8 Å². The predicted molar refractivity (Wildman–Crippen MR) is 83.7 cm³/mol. The summed E-state index contributed by atoms with van der Waals surface area (Å²) in [5.41, 5.74) is -0.871. The molecule has 4 nitrogen and oxygen atoms in total. The Morgan fingerprint density at radius 1 is 0.920 bits per heavy atom. The molecular weight excluding hydrogens is 387 g/mol. The van der Waals surface area contributed by atoms with Crippen molar-refractivity contribution in [3.05, 3.63) is 63.1 Å². The number of halogens is 6. The van der Waals surface area contributed by atoms with Gasteiger partial charge in [-0.15, -0.1) is 0 Å². The lowest BCUT2D eigenvalue weighted by Gasteiger charge is -2.09.